The number of ether oxygens (including phenoxy) is 1. The molecule has 84 valence electrons. The number of aromatic nitrogens is 2. The number of carbonyl (C=O) groups excluding carboxylic acids is 1. The molecule has 0 fully saturated rings. The fraction of sp³-hybridized carbons (Fsp3) is 0.571. The van der Waals surface area contributed by atoms with Crippen LogP contribution in [0.15, 0.2) is 0 Å². The number of alkyl halides is 3. The number of hydrogen-bond acceptors (Lipinski definition) is 5. The first-order valence-electron chi connectivity index (χ1n) is 3.98. The molecule has 0 atom stereocenters. The highest BCUT2D eigenvalue weighted by Crippen LogP contribution is 2.31. The predicted molar refractivity (Wildman–Crippen MR) is 45.2 cm³/mol. The van der Waals surface area contributed by atoms with E-state index in [9.17, 15) is 18.0 Å². The summed E-state index contributed by atoms with van der Waals surface area (Å²) in [5, 5.41) is 5.14. The summed E-state index contributed by atoms with van der Waals surface area (Å²) in [4.78, 5) is 10.9. The summed E-state index contributed by atoms with van der Waals surface area (Å²) in [6, 6.07) is 0. The zero-order valence-electron chi connectivity index (χ0n) is 7.67. The van der Waals surface area contributed by atoms with Gasteiger partial charge >= 0.3 is 12.1 Å². The lowest BCUT2D eigenvalue weighted by molar-refractivity contribution is -0.142. The third-order valence-electron chi connectivity index (χ3n) is 1.31. The van der Waals surface area contributed by atoms with Crippen LogP contribution in [0.5, 0.6) is 0 Å². The molecule has 0 unspecified atom stereocenters. The van der Waals surface area contributed by atoms with Gasteiger partial charge in [0.25, 0.3) is 0 Å². The number of rotatable bonds is 3. The smallest absolute Gasteiger partial charge is 0.445 e. The lowest BCUT2D eigenvalue weighted by atomic mass is 10.5. The topological polar surface area (TPSA) is 52.1 Å². The molecule has 8 heteroatoms. The molecule has 1 aromatic heterocycles. The molecule has 0 N–H and O–H groups in total. The first kappa shape index (κ1) is 11.9. The van der Waals surface area contributed by atoms with Gasteiger partial charge < -0.3 is 4.74 Å². The molecular formula is C7H7F3N2O2S. The fourth-order valence-corrected chi connectivity index (χ4v) is 1.47. The Labute approximate surface area is 87.1 Å². The molecule has 0 radical (unpaired) electrons. The van der Waals surface area contributed by atoms with Crippen LogP contribution < -0.4 is 0 Å². The maximum atomic E-state index is 12.1. The van der Waals surface area contributed by atoms with Gasteiger partial charge in [-0.15, -0.1) is 10.2 Å². The number of halogens is 3. The lowest BCUT2D eigenvalue weighted by Gasteiger charge is -1.98. The van der Waals surface area contributed by atoms with Crippen LogP contribution >= 0.6 is 11.3 Å². The molecule has 1 aromatic rings. The molecule has 0 aliphatic carbocycles. The minimum Gasteiger partial charge on any atom is -0.466 e. The van der Waals surface area contributed by atoms with Crippen molar-refractivity contribution in [3.05, 3.63) is 10.0 Å². The van der Waals surface area contributed by atoms with Crippen molar-refractivity contribution in [2.45, 2.75) is 19.5 Å². The fourth-order valence-electron chi connectivity index (χ4n) is 0.775. The first-order chi connectivity index (χ1) is 6.93. The summed E-state index contributed by atoms with van der Waals surface area (Å²) in [5.74, 6) is -0.609. The highest BCUT2D eigenvalue weighted by Gasteiger charge is 2.35. The van der Waals surface area contributed by atoms with Gasteiger partial charge in [-0.2, -0.15) is 13.2 Å². The predicted octanol–water partition coefficient (Wildman–Crippen LogP) is 1.66. The van der Waals surface area contributed by atoms with Crippen LogP contribution in [0, 0.1) is 0 Å². The Morgan fingerprint density at radius 1 is 1.47 bits per heavy atom. The molecule has 0 aromatic carbocycles. The Morgan fingerprint density at radius 2 is 2.13 bits per heavy atom. The quantitative estimate of drug-likeness (QED) is 0.754. The first-order valence-corrected chi connectivity index (χ1v) is 4.80. The molecule has 0 saturated carbocycles. The van der Waals surface area contributed by atoms with Crippen molar-refractivity contribution in [3.63, 3.8) is 0 Å². The number of esters is 1. The van der Waals surface area contributed by atoms with E-state index in [2.05, 4.69) is 14.9 Å². The summed E-state index contributed by atoms with van der Waals surface area (Å²) < 4.78 is 40.8. The van der Waals surface area contributed by atoms with Crippen molar-refractivity contribution in [1.82, 2.24) is 10.2 Å². The van der Waals surface area contributed by atoms with E-state index in [1.807, 2.05) is 0 Å². The van der Waals surface area contributed by atoms with Crippen molar-refractivity contribution < 1.29 is 22.7 Å². The van der Waals surface area contributed by atoms with Gasteiger partial charge in [0.2, 0.25) is 5.01 Å². The van der Waals surface area contributed by atoms with Crippen LogP contribution in [0.25, 0.3) is 0 Å². The number of carbonyl (C=O) groups is 1. The van der Waals surface area contributed by atoms with Gasteiger partial charge in [-0.25, -0.2) is 0 Å². The molecule has 0 spiro atoms. The summed E-state index contributed by atoms with van der Waals surface area (Å²) in [5.41, 5.74) is 0. The molecule has 4 nitrogen and oxygen atoms in total. The molecule has 15 heavy (non-hydrogen) atoms. The van der Waals surface area contributed by atoms with Crippen molar-refractivity contribution in [2.75, 3.05) is 6.61 Å². The average Bonchev–Trinajstić information content (AvgIpc) is 2.52. The van der Waals surface area contributed by atoms with Crippen LogP contribution in [0.2, 0.25) is 0 Å². The molecule has 0 saturated heterocycles. The average molecular weight is 240 g/mol. The monoisotopic (exact) mass is 240 g/mol. The van der Waals surface area contributed by atoms with Gasteiger partial charge in [0.1, 0.15) is 5.01 Å². The molecule has 0 bridgehead atoms. The van der Waals surface area contributed by atoms with Crippen molar-refractivity contribution >= 4 is 17.3 Å². The maximum Gasteiger partial charge on any atom is 0.445 e. The standard InChI is InChI=1S/C7H7F3N2O2S/c1-2-14-5(13)3-4-11-12-6(15-4)7(8,9)10/h2-3H2,1H3. The highest BCUT2D eigenvalue weighted by atomic mass is 32.1. The largest absolute Gasteiger partial charge is 0.466 e. The van der Waals surface area contributed by atoms with Crippen LogP contribution in [0.4, 0.5) is 13.2 Å². The summed E-state index contributed by atoms with van der Waals surface area (Å²) in [7, 11) is 0. The Kier molecular flexibility index (Phi) is 3.61. The lowest BCUT2D eigenvalue weighted by Crippen LogP contribution is -2.07. The highest BCUT2D eigenvalue weighted by molar-refractivity contribution is 7.11. The van der Waals surface area contributed by atoms with Crippen molar-refractivity contribution in [3.8, 4) is 0 Å². The third kappa shape index (κ3) is 3.46. The van der Waals surface area contributed by atoms with Gasteiger partial charge in [0.15, 0.2) is 0 Å². The van der Waals surface area contributed by atoms with E-state index in [1.165, 1.54) is 0 Å². The van der Waals surface area contributed by atoms with Crippen molar-refractivity contribution in [1.29, 1.82) is 0 Å². The summed E-state index contributed by atoms with van der Waals surface area (Å²) >= 11 is 0.346. The van der Waals surface area contributed by atoms with Crippen LogP contribution in [-0.4, -0.2) is 22.8 Å². The normalized spacial score (nSPS) is 11.5. The Morgan fingerprint density at radius 3 is 2.60 bits per heavy atom. The molecular weight excluding hydrogens is 233 g/mol. The van der Waals surface area contributed by atoms with E-state index < -0.39 is 17.2 Å². The number of hydrogen-bond donors (Lipinski definition) is 0. The Hall–Kier alpha value is -1.18. The van der Waals surface area contributed by atoms with Crippen LogP contribution in [-0.2, 0) is 22.1 Å². The minimum atomic E-state index is -4.51. The van der Waals surface area contributed by atoms with Gasteiger partial charge in [0, 0.05) is 0 Å². The van der Waals surface area contributed by atoms with Gasteiger partial charge in [-0.1, -0.05) is 11.3 Å². The van der Waals surface area contributed by atoms with E-state index in [4.69, 9.17) is 0 Å². The van der Waals surface area contributed by atoms with Crippen LogP contribution in [0.3, 0.4) is 0 Å². The molecule has 0 aliphatic heterocycles. The SMILES string of the molecule is CCOC(=O)Cc1nnc(C(F)(F)F)s1. The van der Waals surface area contributed by atoms with Crippen LogP contribution in [0.1, 0.15) is 16.9 Å². The zero-order chi connectivity index (χ0) is 11.5. The molecule has 0 aliphatic rings. The van der Waals surface area contributed by atoms with Gasteiger partial charge in [-0.3, -0.25) is 4.79 Å². The second kappa shape index (κ2) is 4.56. The van der Waals surface area contributed by atoms with E-state index in [0.29, 0.717) is 11.3 Å². The van der Waals surface area contributed by atoms with Crippen molar-refractivity contribution in [2.24, 2.45) is 0 Å². The van der Waals surface area contributed by atoms with E-state index in [-0.39, 0.29) is 18.0 Å². The molecule has 0 amide bonds. The van der Waals surface area contributed by atoms with E-state index in [1.54, 1.807) is 6.92 Å². The molecule has 1 rings (SSSR count). The summed E-state index contributed by atoms with van der Waals surface area (Å²) in [6.07, 6.45) is -4.79. The molecule has 1 heterocycles. The van der Waals surface area contributed by atoms with Gasteiger partial charge in [-0.05, 0) is 6.92 Å². The second-order valence-corrected chi connectivity index (χ2v) is 3.54. The Balaban J connectivity index is 2.65. The number of nitrogens with zero attached hydrogens (tertiary/aromatic N) is 2. The van der Waals surface area contributed by atoms with E-state index >= 15 is 0 Å². The maximum absolute atomic E-state index is 12.1. The third-order valence-corrected chi connectivity index (χ3v) is 2.28. The zero-order valence-corrected chi connectivity index (χ0v) is 8.48. The van der Waals surface area contributed by atoms with E-state index in [0.717, 1.165) is 0 Å². The second-order valence-electron chi connectivity index (χ2n) is 2.48. The minimum absolute atomic E-state index is 0.000718. The Bertz CT molecular complexity index is 350. The summed E-state index contributed by atoms with van der Waals surface area (Å²) in [6.45, 7) is 1.79. The van der Waals surface area contributed by atoms with Gasteiger partial charge in [0.05, 0.1) is 13.0 Å².